The van der Waals surface area contributed by atoms with Crippen LogP contribution in [0.5, 0.6) is 11.5 Å². The number of Topliss-reactive ketones (excluding diaryl/α,β-unsaturated/α-hetero) is 1. The van der Waals surface area contributed by atoms with Gasteiger partial charge in [-0.3, -0.25) is 9.59 Å². The number of allylic oxidation sites excluding steroid dienone is 3. The van der Waals surface area contributed by atoms with Crippen LogP contribution in [-0.4, -0.2) is 23.8 Å². The molecule has 0 spiro atoms. The Morgan fingerprint density at radius 1 is 1.05 bits per heavy atom. The fraction of sp³-hybridized carbons (Fsp3) is 0.233. The number of pyridine rings is 1. The van der Waals surface area contributed by atoms with Gasteiger partial charge in [0, 0.05) is 41.1 Å². The molecule has 1 aliphatic carbocycles. The smallest absolute Gasteiger partial charge is 0.255 e. The molecule has 1 aliphatic heterocycles. The summed E-state index contributed by atoms with van der Waals surface area (Å²) in [5, 5.41) is 6.25. The Morgan fingerprint density at radius 3 is 2.62 bits per heavy atom. The van der Waals surface area contributed by atoms with E-state index >= 15 is 0 Å². The summed E-state index contributed by atoms with van der Waals surface area (Å²) in [5.41, 5.74) is 4.54. The fourth-order valence-corrected chi connectivity index (χ4v) is 4.96. The minimum atomic E-state index is -0.544. The van der Waals surface area contributed by atoms with Crippen molar-refractivity contribution in [2.75, 3.05) is 12.4 Å². The van der Waals surface area contributed by atoms with E-state index in [1.54, 1.807) is 25.4 Å². The van der Waals surface area contributed by atoms with E-state index in [-0.39, 0.29) is 11.7 Å². The molecule has 3 aromatic rings. The number of dihydropyridines is 1. The average molecular weight is 496 g/mol. The lowest BCUT2D eigenvalue weighted by Crippen LogP contribution is -2.35. The van der Waals surface area contributed by atoms with E-state index < -0.39 is 5.92 Å². The molecule has 0 unspecified atom stereocenters. The maximum absolute atomic E-state index is 13.6. The molecule has 5 rings (SSSR count). The van der Waals surface area contributed by atoms with Gasteiger partial charge in [0.1, 0.15) is 12.4 Å². The van der Waals surface area contributed by atoms with E-state index in [0.717, 1.165) is 35.4 Å². The Bertz CT molecular complexity index is 1380. The van der Waals surface area contributed by atoms with Gasteiger partial charge < -0.3 is 20.1 Å². The van der Waals surface area contributed by atoms with E-state index in [1.807, 2.05) is 61.5 Å². The van der Waals surface area contributed by atoms with Crippen molar-refractivity contribution in [2.24, 2.45) is 0 Å². The number of ketones is 1. The maximum atomic E-state index is 13.6. The topological polar surface area (TPSA) is 89.5 Å². The Hall–Kier alpha value is -4.39. The average Bonchev–Trinajstić information content (AvgIpc) is 2.92. The molecule has 188 valence electrons. The first-order valence-corrected chi connectivity index (χ1v) is 12.4. The lowest BCUT2D eigenvalue weighted by molar-refractivity contribution is -0.116. The summed E-state index contributed by atoms with van der Waals surface area (Å²) < 4.78 is 11.7. The zero-order valence-electron chi connectivity index (χ0n) is 20.9. The van der Waals surface area contributed by atoms with Gasteiger partial charge in [0.05, 0.1) is 7.11 Å². The molecule has 2 N–H and O–H groups in total. The van der Waals surface area contributed by atoms with Gasteiger partial charge >= 0.3 is 0 Å². The summed E-state index contributed by atoms with van der Waals surface area (Å²) in [6, 6.07) is 20.8. The van der Waals surface area contributed by atoms with Crippen LogP contribution < -0.4 is 20.1 Å². The monoisotopic (exact) mass is 495 g/mol. The molecule has 2 heterocycles. The first-order chi connectivity index (χ1) is 18.0. The molecular weight excluding hydrogens is 466 g/mol. The van der Waals surface area contributed by atoms with Gasteiger partial charge in [0.15, 0.2) is 17.3 Å². The Labute approximate surface area is 216 Å². The molecule has 0 saturated heterocycles. The third-order valence-corrected chi connectivity index (χ3v) is 6.69. The van der Waals surface area contributed by atoms with Gasteiger partial charge in [-0.1, -0.05) is 42.5 Å². The van der Waals surface area contributed by atoms with Crippen molar-refractivity contribution in [1.29, 1.82) is 0 Å². The van der Waals surface area contributed by atoms with Gasteiger partial charge in [-0.2, -0.15) is 0 Å². The van der Waals surface area contributed by atoms with Crippen molar-refractivity contribution in [1.82, 2.24) is 10.3 Å². The van der Waals surface area contributed by atoms with Crippen LogP contribution in [0.2, 0.25) is 0 Å². The number of nitrogens with one attached hydrogen (secondary N) is 2. The summed E-state index contributed by atoms with van der Waals surface area (Å²) in [6.45, 7) is 2.24. The van der Waals surface area contributed by atoms with Crippen LogP contribution in [0.15, 0.2) is 95.5 Å². The molecule has 2 aromatic carbocycles. The second-order valence-corrected chi connectivity index (χ2v) is 9.12. The molecule has 1 aromatic heterocycles. The minimum absolute atomic E-state index is 0.0527. The van der Waals surface area contributed by atoms with E-state index in [2.05, 4.69) is 15.6 Å². The number of amides is 1. The molecule has 0 bridgehead atoms. The van der Waals surface area contributed by atoms with Crippen LogP contribution in [-0.2, 0) is 16.2 Å². The molecule has 37 heavy (non-hydrogen) atoms. The number of methoxy groups -OCH3 is 1. The zero-order valence-corrected chi connectivity index (χ0v) is 20.9. The number of benzene rings is 2. The van der Waals surface area contributed by atoms with Crippen LogP contribution in [0.4, 0.5) is 5.82 Å². The molecule has 0 radical (unpaired) electrons. The highest BCUT2D eigenvalue weighted by atomic mass is 16.5. The molecular formula is C30H29N3O4. The molecule has 7 heteroatoms. The number of rotatable bonds is 7. The lowest BCUT2D eigenvalue weighted by atomic mass is 9.75. The highest BCUT2D eigenvalue weighted by molar-refractivity contribution is 6.09. The Kier molecular flexibility index (Phi) is 7.03. The zero-order chi connectivity index (χ0) is 25.8. The number of hydrogen-bond acceptors (Lipinski definition) is 6. The van der Waals surface area contributed by atoms with Crippen LogP contribution in [0, 0.1) is 0 Å². The predicted molar refractivity (Wildman–Crippen MR) is 141 cm³/mol. The highest BCUT2D eigenvalue weighted by Gasteiger charge is 2.38. The van der Waals surface area contributed by atoms with Crippen molar-refractivity contribution >= 4 is 17.5 Å². The van der Waals surface area contributed by atoms with Crippen molar-refractivity contribution in [3.63, 3.8) is 0 Å². The lowest BCUT2D eigenvalue weighted by Gasteiger charge is -2.34. The van der Waals surface area contributed by atoms with Crippen molar-refractivity contribution in [2.45, 2.75) is 38.7 Å². The van der Waals surface area contributed by atoms with E-state index in [0.29, 0.717) is 41.5 Å². The van der Waals surface area contributed by atoms with Crippen LogP contribution in [0.1, 0.15) is 43.2 Å². The Balaban J connectivity index is 1.55. The maximum Gasteiger partial charge on any atom is 0.255 e. The van der Waals surface area contributed by atoms with Gasteiger partial charge in [-0.05, 0) is 55.2 Å². The normalized spacial score (nSPS) is 17.1. The van der Waals surface area contributed by atoms with Crippen molar-refractivity contribution in [3.8, 4) is 11.5 Å². The fourth-order valence-electron chi connectivity index (χ4n) is 4.96. The third kappa shape index (κ3) is 5.11. The van der Waals surface area contributed by atoms with Crippen LogP contribution in [0.25, 0.3) is 0 Å². The quantitative estimate of drug-likeness (QED) is 0.464. The summed E-state index contributed by atoms with van der Waals surface area (Å²) >= 11 is 0. The molecule has 1 atom stereocenters. The van der Waals surface area contributed by atoms with Crippen molar-refractivity contribution in [3.05, 3.63) is 107 Å². The first kappa shape index (κ1) is 24.3. The second-order valence-electron chi connectivity index (χ2n) is 9.12. The molecule has 7 nitrogen and oxygen atoms in total. The number of nitrogens with zero attached hydrogens (tertiary/aromatic N) is 1. The van der Waals surface area contributed by atoms with Gasteiger partial charge in [-0.25, -0.2) is 4.98 Å². The Morgan fingerprint density at radius 2 is 1.86 bits per heavy atom. The van der Waals surface area contributed by atoms with Crippen LogP contribution >= 0.6 is 0 Å². The van der Waals surface area contributed by atoms with E-state index in [9.17, 15) is 9.59 Å². The summed E-state index contributed by atoms with van der Waals surface area (Å²) in [5.74, 6) is 0.784. The summed E-state index contributed by atoms with van der Waals surface area (Å²) in [6.07, 6.45) is 3.63. The summed E-state index contributed by atoms with van der Waals surface area (Å²) in [7, 11) is 1.59. The molecule has 0 saturated carbocycles. The number of anilines is 1. The first-order valence-electron chi connectivity index (χ1n) is 12.4. The predicted octanol–water partition coefficient (Wildman–Crippen LogP) is 5.28. The van der Waals surface area contributed by atoms with Gasteiger partial charge in [-0.15, -0.1) is 0 Å². The minimum Gasteiger partial charge on any atom is -0.493 e. The highest BCUT2D eigenvalue weighted by Crippen LogP contribution is 2.44. The second kappa shape index (κ2) is 10.7. The van der Waals surface area contributed by atoms with Gasteiger partial charge in [0.2, 0.25) is 0 Å². The molecule has 0 fully saturated rings. The SMILES string of the molecule is COc1ccc([C@@H]2C(C(=O)Nc3ccccn3)=C(C)NC3=C2C(=O)CCC3)cc1OCc1ccccc1. The number of hydrogen-bond donors (Lipinski definition) is 2. The number of aromatic nitrogens is 1. The summed E-state index contributed by atoms with van der Waals surface area (Å²) in [4.78, 5) is 31.1. The molecule has 2 aliphatic rings. The van der Waals surface area contributed by atoms with Gasteiger partial charge in [0.25, 0.3) is 5.91 Å². The standard InChI is InChI=1S/C30H29N3O4/c1-19-27(30(35)33-26-13-6-7-16-31-26)28(29-22(32-19)11-8-12-23(29)34)21-14-15-24(36-2)25(17-21)37-18-20-9-4-3-5-10-20/h3-7,9-10,13-17,28,32H,8,11-12,18H2,1-2H3,(H,31,33,35)/t28-/m1/s1. The van der Waals surface area contributed by atoms with Crippen molar-refractivity contribution < 1.29 is 19.1 Å². The molecule has 1 amide bonds. The van der Waals surface area contributed by atoms with Crippen LogP contribution in [0.3, 0.4) is 0 Å². The van der Waals surface area contributed by atoms with E-state index in [4.69, 9.17) is 9.47 Å². The van der Waals surface area contributed by atoms with E-state index in [1.165, 1.54) is 0 Å². The third-order valence-electron chi connectivity index (χ3n) is 6.69. The number of ether oxygens (including phenoxy) is 2. The number of carbonyl (C=O) groups is 2. The number of carbonyl (C=O) groups excluding carboxylic acids is 2. The largest absolute Gasteiger partial charge is 0.493 e.